The van der Waals surface area contributed by atoms with Gasteiger partial charge in [0.15, 0.2) is 0 Å². The number of rotatable bonds is 2. The van der Waals surface area contributed by atoms with E-state index in [9.17, 15) is 18.0 Å². The van der Waals surface area contributed by atoms with Crippen LogP contribution in [0.4, 0.5) is 19.0 Å². The molecule has 1 atom stereocenters. The predicted octanol–water partition coefficient (Wildman–Crippen LogP) is 2.70. The second-order valence-electron chi connectivity index (χ2n) is 7.29. The van der Waals surface area contributed by atoms with E-state index < -0.39 is 11.9 Å². The van der Waals surface area contributed by atoms with Gasteiger partial charge in [-0.15, -0.1) is 0 Å². The molecule has 1 amide bonds. The maximum Gasteiger partial charge on any atom is 0.433 e. The Labute approximate surface area is 166 Å². The highest BCUT2D eigenvalue weighted by Gasteiger charge is 2.35. The van der Waals surface area contributed by atoms with E-state index in [0.717, 1.165) is 17.4 Å². The predicted molar refractivity (Wildman–Crippen MR) is 99.7 cm³/mol. The summed E-state index contributed by atoms with van der Waals surface area (Å²) in [6.07, 6.45) is -3.88. The molecular weight excluding hydrogens is 385 g/mol. The fourth-order valence-electron chi connectivity index (χ4n) is 3.76. The highest BCUT2D eigenvalue weighted by molar-refractivity contribution is 5.80. The molecule has 1 fully saturated rings. The van der Waals surface area contributed by atoms with E-state index in [1.54, 1.807) is 9.80 Å². The molecule has 4 rings (SSSR count). The van der Waals surface area contributed by atoms with E-state index in [4.69, 9.17) is 4.74 Å². The molecule has 9 heteroatoms. The van der Waals surface area contributed by atoms with E-state index >= 15 is 0 Å². The number of carbonyl (C=O) groups is 1. The minimum atomic E-state index is -4.52. The number of aryl methyl sites for hydroxylation is 1. The number of hydrogen-bond donors (Lipinski definition) is 0. The van der Waals surface area contributed by atoms with Crippen LogP contribution in [0.15, 0.2) is 30.3 Å². The first-order valence-corrected chi connectivity index (χ1v) is 9.48. The molecule has 0 N–H and O–H groups in total. The van der Waals surface area contributed by atoms with Crippen LogP contribution in [0.2, 0.25) is 0 Å². The van der Waals surface area contributed by atoms with Gasteiger partial charge in [0.05, 0.1) is 5.92 Å². The van der Waals surface area contributed by atoms with Crippen LogP contribution in [-0.4, -0.2) is 53.6 Å². The van der Waals surface area contributed by atoms with Gasteiger partial charge in [0, 0.05) is 32.2 Å². The first-order valence-electron chi connectivity index (χ1n) is 9.48. The summed E-state index contributed by atoms with van der Waals surface area (Å²) in [6.45, 7) is 3.49. The van der Waals surface area contributed by atoms with Crippen molar-refractivity contribution in [3.8, 4) is 5.75 Å². The summed E-state index contributed by atoms with van der Waals surface area (Å²) in [5.74, 6) is 0.919. The molecule has 1 aromatic carbocycles. The van der Waals surface area contributed by atoms with Crippen LogP contribution in [0.3, 0.4) is 0 Å². The summed E-state index contributed by atoms with van der Waals surface area (Å²) in [6, 6.07) is 8.65. The Morgan fingerprint density at radius 2 is 1.86 bits per heavy atom. The third-order valence-corrected chi connectivity index (χ3v) is 5.26. The van der Waals surface area contributed by atoms with Crippen LogP contribution in [0, 0.1) is 12.8 Å². The molecule has 0 aliphatic carbocycles. The molecule has 1 aromatic heterocycles. The Kier molecular flexibility index (Phi) is 5.06. The Morgan fingerprint density at radius 1 is 1.14 bits per heavy atom. The van der Waals surface area contributed by atoms with Gasteiger partial charge in [-0.25, -0.2) is 9.97 Å². The minimum absolute atomic E-state index is 0.0222. The molecule has 2 aromatic rings. The average molecular weight is 406 g/mol. The summed E-state index contributed by atoms with van der Waals surface area (Å²) < 4.78 is 44.8. The fourth-order valence-corrected chi connectivity index (χ4v) is 3.76. The molecule has 154 valence electrons. The van der Waals surface area contributed by atoms with Crippen molar-refractivity contribution in [2.75, 3.05) is 37.7 Å². The number of benzene rings is 1. The van der Waals surface area contributed by atoms with Crippen molar-refractivity contribution in [2.45, 2.75) is 19.5 Å². The molecular formula is C20H21F3N4O2. The van der Waals surface area contributed by atoms with Gasteiger partial charge in [0.1, 0.15) is 29.7 Å². The zero-order valence-electron chi connectivity index (χ0n) is 15.9. The van der Waals surface area contributed by atoms with Gasteiger partial charge in [0.25, 0.3) is 0 Å². The van der Waals surface area contributed by atoms with Crippen LogP contribution >= 0.6 is 0 Å². The number of nitrogens with zero attached hydrogens (tertiary/aromatic N) is 4. The Hall–Kier alpha value is -2.84. The third-order valence-electron chi connectivity index (χ3n) is 5.26. The second-order valence-corrected chi connectivity index (χ2v) is 7.29. The van der Waals surface area contributed by atoms with Gasteiger partial charge in [-0.2, -0.15) is 13.2 Å². The fraction of sp³-hybridized carbons (Fsp3) is 0.450. The quantitative estimate of drug-likeness (QED) is 0.768. The minimum Gasteiger partial charge on any atom is -0.492 e. The molecule has 6 nitrogen and oxygen atoms in total. The molecule has 29 heavy (non-hydrogen) atoms. The highest BCUT2D eigenvalue weighted by Crippen LogP contribution is 2.31. The molecule has 1 saturated heterocycles. The summed E-state index contributed by atoms with van der Waals surface area (Å²) in [5, 5.41) is 0. The van der Waals surface area contributed by atoms with Crippen molar-refractivity contribution >= 4 is 11.7 Å². The summed E-state index contributed by atoms with van der Waals surface area (Å²) in [5.41, 5.74) is 0.0726. The summed E-state index contributed by atoms with van der Waals surface area (Å²) in [4.78, 5) is 24.1. The lowest BCUT2D eigenvalue weighted by Gasteiger charge is -2.37. The number of piperazine rings is 1. The maximum atomic E-state index is 13.0. The van der Waals surface area contributed by atoms with Gasteiger partial charge in [0.2, 0.25) is 5.91 Å². The Morgan fingerprint density at radius 3 is 2.59 bits per heavy atom. The van der Waals surface area contributed by atoms with Gasteiger partial charge in [-0.1, -0.05) is 18.2 Å². The standard InChI is InChI=1S/C20H21F3N4O2/c1-13-24-17(20(21,22)23)11-18(25-13)26-6-8-27(9-7-26)19(28)15-10-14-4-2-3-5-16(14)29-12-15/h2-5,11,15H,6-10,12H2,1H3. The first-order chi connectivity index (χ1) is 13.8. The zero-order valence-corrected chi connectivity index (χ0v) is 15.9. The molecule has 1 unspecified atom stereocenters. The van der Waals surface area contributed by atoms with Crippen LogP contribution in [0.1, 0.15) is 17.1 Å². The average Bonchev–Trinajstić information content (AvgIpc) is 2.72. The van der Waals surface area contributed by atoms with Crippen LogP contribution in [0.25, 0.3) is 0 Å². The van der Waals surface area contributed by atoms with E-state index in [1.807, 2.05) is 24.3 Å². The molecule has 0 bridgehead atoms. The first kappa shape index (κ1) is 19.5. The van der Waals surface area contributed by atoms with Crippen LogP contribution < -0.4 is 9.64 Å². The van der Waals surface area contributed by atoms with Crippen molar-refractivity contribution in [2.24, 2.45) is 5.92 Å². The SMILES string of the molecule is Cc1nc(N2CCN(C(=O)C3COc4ccccc4C3)CC2)cc(C(F)(F)F)n1. The van der Waals surface area contributed by atoms with Gasteiger partial charge >= 0.3 is 6.18 Å². The van der Waals surface area contributed by atoms with E-state index in [2.05, 4.69) is 9.97 Å². The van der Waals surface area contributed by atoms with Gasteiger partial charge in [-0.3, -0.25) is 4.79 Å². The molecule has 2 aliphatic rings. The Balaban J connectivity index is 1.40. The molecule has 2 aliphatic heterocycles. The molecule has 0 saturated carbocycles. The number of halogens is 3. The van der Waals surface area contributed by atoms with Gasteiger partial charge < -0.3 is 14.5 Å². The molecule has 3 heterocycles. The Bertz CT molecular complexity index is 911. The van der Waals surface area contributed by atoms with Crippen LogP contribution in [-0.2, 0) is 17.4 Å². The number of carbonyl (C=O) groups excluding carboxylic acids is 1. The van der Waals surface area contributed by atoms with Crippen molar-refractivity contribution in [1.82, 2.24) is 14.9 Å². The maximum absolute atomic E-state index is 13.0. The number of alkyl halides is 3. The number of anilines is 1. The van der Waals surface area contributed by atoms with E-state index in [-0.39, 0.29) is 23.5 Å². The van der Waals surface area contributed by atoms with Crippen LogP contribution in [0.5, 0.6) is 5.75 Å². The lowest BCUT2D eigenvalue weighted by molar-refractivity contribution is -0.141. The second kappa shape index (κ2) is 7.53. The third kappa shape index (κ3) is 4.13. The smallest absolute Gasteiger partial charge is 0.433 e. The zero-order chi connectivity index (χ0) is 20.6. The number of para-hydroxylation sites is 1. The van der Waals surface area contributed by atoms with E-state index in [0.29, 0.717) is 39.2 Å². The van der Waals surface area contributed by atoms with Crippen molar-refractivity contribution < 1.29 is 22.7 Å². The number of aromatic nitrogens is 2. The summed E-state index contributed by atoms with van der Waals surface area (Å²) in [7, 11) is 0. The van der Waals surface area contributed by atoms with Crippen molar-refractivity contribution in [3.05, 3.63) is 47.4 Å². The van der Waals surface area contributed by atoms with Crippen molar-refractivity contribution in [3.63, 3.8) is 0 Å². The van der Waals surface area contributed by atoms with E-state index in [1.165, 1.54) is 6.92 Å². The highest BCUT2D eigenvalue weighted by atomic mass is 19.4. The largest absolute Gasteiger partial charge is 0.492 e. The lowest BCUT2D eigenvalue weighted by atomic mass is 9.95. The lowest BCUT2D eigenvalue weighted by Crippen LogP contribution is -2.52. The number of ether oxygens (including phenoxy) is 1. The van der Waals surface area contributed by atoms with Crippen molar-refractivity contribution in [1.29, 1.82) is 0 Å². The number of hydrogen-bond acceptors (Lipinski definition) is 5. The monoisotopic (exact) mass is 406 g/mol. The molecule has 0 spiro atoms. The number of amides is 1. The van der Waals surface area contributed by atoms with Gasteiger partial charge in [-0.05, 0) is 25.0 Å². The molecule has 0 radical (unpaired) electrons. The normalized spacial score (nSPS) is 19.5. The number of fused-ring (bicyclic) bond motifs is 1. The summed E-state index contributed by atoms with van der Waals surface area (Å²) >= 11 is 0. The topological polar surface area (TPSA) is 58.6 Å².